The lowest BCUT2D eigenvalue weighted by molar-refractivity contribution is -0.183. The van der Waals surface area contributed by atoms with Gasteiger partial charge in [-0.1, -0.05) is 0 Å². The van der Waals surface area contributed by atoms with Crippen LogP contribution >= 0.6 is 0 Å². The summed E-state index contributed by atoms with van der Waals surface area (Å²) in [6, 6.07) is 0. The molecule has 1 fully saturated rings. The zero-order valence-corrected chi connectivity index (χ0v) is 10.8. The SMILES string of the molecule is CCn1cc(C(=O)C2CCC(C(F)(F)F)CC2)cn1. The van der Waals surface area contributed by atoms with Gasteiger partial charge in [-0.3, -0.25) is 9.48 Å². The van der Waals surface area contributed by atoms with Gasteiger partial charge in [0.2, 0.25) is 0 Å². The molecule has 1 aliphatic carbocycles. The fourth-order valence-corrected chi connectivity index (χ4v) is 2.58. The third kappa shape index (κ3) is 3.16. The Morgan fingerprint density at radius 2 is 2.00 bits per heavy atom. The summed E-state index contributed by atoms with van der Waals surface area (Å²) in [5, 5.41) is 4.02. The highest BCUT2D eigenvalue weighted by Crippen LogP contribution is 2.40. The van der Waals surface area contributed by atoms with Gasteiger partial charge in [-0.2, -0.15) is 18.3 Å². The van der Waals surface area contributed by atoms with Crippen molar-refractivity contribution in [3.8, 4) is 0 Å². The summed E-state index contributed by atoms with van der Waals surface area (Å²) < 4.78 is 39.3. The van der Waals surface area contributed by atoms with Gasteiger partial charge in [-0.25, -0.2) is 0 Å². The Kier molecular flexibility index (Phi) is 3.96. The Morgan fingerprint density at radius 1 is 1.37 bits per heavy atom. The van der Waals surface area contributed by atoms with Crippen molar-refractivity contribution >= 4 is 5.78 Å². The van der Waals surface area contributed by atoms with Crippen molar-refractivity contribution in [3.05, 3.63) is 18.0 Å². The standard InChI is InChI=1S/C13H17F3N2O/c1-2-18-8-10(7-17-18)12(19)9-3-5-11(6-4-9)13(14,15)16/h7-9,11H,2-6H2,1H3. The number of rotatable bonds is 3. The monoisotopic (exact) mass is 274 g/mol. The van der Waals surface area contributed by atoms with Crippen molar-refractivity contribution in [1.29, 1.82) is 0 Å². The molecule has 6 heteroatoms. The zero-order valence-electron chi connectivity index (χ0n) is 10.8. The van der Waals surface area contributed by atoms with Crippen LogP contribution in [0.25, 0.3) is 0 Å². The molecular weight excluding hydrogens is 257 g/mol. The lowest BCUT2D eigenvalue weighted by Gasteiger charge is -2.28. The number of aromatic nitrogens is 2. The summed E-state index contributed by atoms with van der Waals surface area (Å²) in [7, 11) is 0. The molecule has 0 spiro atoms. The van der Waals surface area contributed by atoms with Crippen LogP contribution in [0.2, 0.25) is 0 Å². The molecule has 1 aromatic rings. The molecule has 0 saturated heterocycles. The van der Waals surface area contributed by atoms with Gasteiger partial charge < -0.3 is 0 Å². The predicted octanol–water partition coefficient (Wildman–Crippen LogP) is 3.45. The first-order chi connectivity index (χ1) is 8.91. The molecule has 0 N–H and O–H groups in total. The molecule has 2 rings (SSSR count). The van der Waals surface area contributed by atoms with Gasteiger partial charge in [0.05, 0.1) is 17.7 Å². The van der Waals surface area contributed by atoms with E-state index in [1.165, 1.54) is 6.20 Å². The summed E-state index contributed by atoms with van der Waals surface area (Å²) >= 11 is 0. The topological polar surface area (TPSA) is 34.9 Å². The van der Waals surface area contributed by atoms with Crippen molar-refractivity contribution in [2.24, 2.45) is 11.8 Å². The van der Waals surface area contributed by atoms with Crippen molar-refractivity contribution in [2.45, 2.75) is 45.3 Å². The van der Waals surface area contributed by atoms with Crippen LogP contribution in [0.4, 0.5) is 13.2 Å². The summed E-state index contributed by atoms with van der Waals surface area (Å²) in [6.07, 6.45) is -0.203. The fourth-order valence-electron chi connectivity index (χ4n) is 2.58. The second-order valence-electron chi connectivity index (χ2n) is 5.04. The molecular formula is C13H17F3N2O. The Morgan fingerprint density at radius 3 is 2.47 bits per heavy atom. The number of ketones is 1. The largest absolute Gasteiger partial charge is 0.391 e. The molecule has 19 heavy (non-hydrogen) atoms. The number of halogens is 3. The minimum Gasteiger partial charge on any atom is -0.294 e. The van der Waals surface area contributed by atoms with E-state index in [0.29, 0.717) is 24.9 Å². The van der Waals surface area contributed by atoms with E-state index >= 15 is 0 Å². The van der Waals surface area contributed by atoms with Crippen molar-refractivity contribution in [2.75, 3.05) is 0 Å². The van der Waals surface area contributed by atoms with Gasteiger partial charge >= 0.3 is 6.18 Å². The van der Waals surface area contributed by atoms with E-state index in [2.05, 4.69) is 5.10 Å². The Balaban J connectivity index is 1.96. The zero-order chi connectivity index (χ0) is 14.0. The number of hydrogen-bond acceptors (Lipinski definition) is 2. The molecule has 1 saturated carbocycles. The second-order valence-corrected chi connectivity index (χ2v) is 5.04. The molecule has 0 unspecified atom stereocenters. The molecule has 0 aromatic carbocycles. The first-order valence-corrected chi connectivity index (χ1v) is 6.55. The molecule has 0 amide bonds. The van der Waals surface area contributed by atoms with Crippen molar-refractivity contribution < 1.29 is 18.0 Å². The quantitative estimate of drug-likeness (QED) is 0.791. The number of hydrogen-bond donors (Lipinski definition) is 0. The van der Waals surface area contributed by atoms with Crippen LogP contribution in [0.3, 0.4) is 0 Å². The summed E-state index contributed by atoms with van der Waals surface area (Å²) in [4.78, 5) is 12.2. The van der Waals surface area contributed by atoms with Gasteiger partial charge in [0.25, 0.3) is 0 Å². The number of alkyl halides is 3. The first-order valence-electron chi connectivity index (χ1n) is 6.55. The number of Topliss-reactive ketones (excluding diaryl/α,β-unsaturated/α-hetero) is 1. The lowest BCUT2D eigenvalue weighted by atomic mass is 9.79. The molecule has 0 aliphatic heterocycles. The van der Waals surface area contributed by atoms with Crippen LogP contribution in [-0.4, -0.2) is 21.7 Å². The van der Waals surface area contributed by atoms with Gasteiger partial charge in [0.1, 0.15) is 0 Å². The van der Waals surface area contributed by atoms with E-state index in [1.54, 1.807) is 10.9 Å². The minimum atomic E-state index is -4.12. The van der Waals surface area contributed by atoms with E-state index in [4.69, 9.17) is 0 Å². The molecule has 106 valence electrons. The van der Waals surface area contributed by atoms with Crippen LogP contribution < -0.4 is 0 Å². The third-order valence-electron chi connectivity index (χ3n) is 3.80. The number of aryl methyl sites for hydroxylation is 1. The van der Waals surface area contributed by atoms with Gasteiger partial charge in [-0.05, 0) is 32.6 Å². The maximum absolute atomic E-state index is 12.5. The van der Waals surface area contributed by atoms with E-state index < -0.39 is 12.1 Å². The molecule has 0 bridgehead atoms. The summed E-state index contributed by atoms with van der Waals surface area (Å²) in [5.74, 6) is -1.59. The van der Waals surface area contributed by atoms with Crippen molar-refractivity contribution in [1.82, 2.24) is 9.78 Å². The maximum atomic E-state index is 12.5. The lowest BCUT2D eigenvalue weighted by Crippen LogP contribution is -2.30. The van der Waals surface area contributed by atoms with Crippen LogP contribution in [0.5, 0.6) is 0 Å². The highest BCUT2D eigenvalue weighted by molar-refractivity contribution is 5.97. The molecule has 1 heterocycles. The summed E-state index contributed by atoms with van der Waals surface area (Å²) in [5.41, 5.74) is 0.511. The van der Waals surface area contributed by atoms with Gasteiger partial charge in [-0.15, -0.1) is 0 Å². The average molecular weight is 274 g/mol. The normalized spacial score (nSPS) is 24.4. The molecule has 0 atom stereocenters. The van der Waals surface area contributed by atoms with Crippen LogP contribution in [-0.2, 0) is 6.54 Å². The van der Waals surface area contributed by atoms with Crippen LogP contribution in [0.1, 0.15) is 43.0 Å². The Hall–Kier alpha value is -1.33. The van der Waals surface area contributed by atoms with Gasteiger partial charge in [0, 0.05) is 18.7 Å². The third-order valence-corrected chi connectivity index (χ3v) is 3.80. The van der Waals surface area contributed by atoms with Gasteiger partial charge in [0.15, 0.2) is 5.78 Å². The first kappa shape index (κ1) is 14.1. The summed E-state index contributed by atoms with van der Waals surface area (Å²) in [6.45, 7) is 2.59. The van der Waals surface area contributed by atoms with Crippen LogP contribution in [0.15, 0.2) is 12.4 Å². The van der Waals surface area contributed by atoms with E-state index in [1.807, 2.05) is 6.92 Å². The molecule has 1 aromatic heterocycles. The predicted molar refractivity (Wildman–Crippen MR) is 63.7 cm³/mol. The highest BCUT2D eigenvalue weighted by Gasteiger charge is 2.42. The average Bonchev–Trinajstić information content (AvgIpc) is 2.86. The van der Waals surface area contributed by atoms with E-state index in [-0.39, 0.29) is 24.5 Å². The smallest absolute Gasteiger partial charge is 0.294 e. The number of carbonyl (C=O) groups is 1. The van der Waals surface area contributed by atoms with Crippen molar-refractivity contribution in [3.63, 3.8) is 0 Å². The Labute approximate surface area is 109 Å². The minimum absolute atomic E-state index is 0.0574. The van der Waals surface area contributed by atoms with Crippen LogP contribution in [0, 0.1) is 11.8 Å². The highest BCUT2D eigenvalue weighted by atomic mass is 19.4. The molecule has 3 nitrogen and oxygen atoms in total. The number of carbonyl (C=O) groups excluding carboxylic acids is 1. The maximum Gasteiger partial charge on any atom is 0.391 e. The van der Waals surface area contributed by atoms with E-state index in [0.717, 1.165) is 0 Å². The fraction of sp³-hybridized carbons (Fsp3) is 0.692. The molecule has 0 radical (unpaired) electrons. The number of nitrogens with zero attached hydrogens (tertiary/aromatic N) is 2. The Bertz CT molecular complexity index is 445. The van der Waals surface area contributed by atoms with E-state index in [9.17, 15) is 18.0 Å². The second kappa shape index (κ2) is 5.35. The molecule has 1 aliphatic rings.